The summed E-state index contributed by atoms with van der Waals surface area (Å²) >= 11 is 2.26. The van der Waals surface area contributed by atoms with E-state index in [1.54, 1.807) is 7.11 Å². The monoisotopic (exact) mass is 499 g/mol. The Labute approximate surface area is 179 Å². The van der Waals surface area contributed by atoms with Crippen molar-refractivity contribution in [1.29, 1.82) is 0 Å². The zero-order valence-electron chi connectivity index (χ0n) is 16.4. The van der Waals surface area contributed by atoms with Crippen LogP contribution in [0.1, 0.15) is 26.2 Å². The summed E-state index contributed by atoms with van der Waals surface area (Å²) in [6, 6.07) is 4.41. The van der Waals surface area contributed by atoms with Gasteiger partial charge in [-0.1, -0.05) is 6.92 Å². The Balaban J connectivity index is 1.69. The molecule has 0 amide bonds. The number of hydrogen-bond donors (Lipinski definition) is 1. The second-order valence-corrected chi connectivity index (χ2v) is 8.72. The van der Waals surface area contributed by atoms with Gasteiger partial charge in [0.05, 0.1) is 22.7 Å². The smallest absolute Gasteiger partial charge is 0.227 e. The molecule has 2 saturated heterocycles. The van der Waals surface area contributed by atoms with Crippen LogP contribution in [0.25, 0.3) is 10.9 Å². The molecule has 1 aromatic heterocycles. The number of fused-ring (bicyclic) bond motifs is 1. The van der Waals surface area contributed by atoms with E-state index < -0.39 is 6.17 Å². The largest absolute Gasteiger partial charge is 0.496 e. The van der Waals surface area contributed by atoms with E-state index in [2.05, 4.69) is 39.7 Å². The molecule has 1 aromatic carbocycles. The Bertz CT molecular complexity index is 843. The summed E-state index contributed by atoms with van der Waals surface area (Å²) < 4.78 is 20.3. The third-order valence-corrected chi connectivity index (χ3v) is 6.59. The van der Waals surface area contributed by atoms with Gasteiger partial charge >= 0.3 is 0 Å². The number of anilines is 2. The molecule has 28 heavy (non-hydrogen) atoms. The Morgan fingerprint density at radius 1 is 1.21 bits per heavy atom. The summed E-state index contributed by atoms with van der Waals surface area (Å²) in [4.78, 5) is 14.0. The third-order valence-electron chi connectivity index (χ3n) is 5.75. The fourth-order valence-electron chi connectivity index (χ4n) is 4.01. The molecule has 0 aliphatic carbocycles. The molecule has 1 N–H and O–H groups in total. The number of ether oxygens (including phenoxy) is 1. The van der Waals surface area contributed by atoms with Gasteiger partial charge < -0.3 is 19.9 Å². The van der Waals surface area contributed by atoms with Crippen molar-refractivity contribution in [2.75, 3.05) is 50.1 Å². The maximum absolute atomic E-state index is 13.7. The molecule has 6 nitrogen and oxygen atoms in total. The fraction of sp³-hybridized carbons (Fsp3) is 0.600. The van der Waals surface area contributed by atoms with Crippen molar-refractivity contribution >= 4 is 45.3 Å². The van der Waals surface area contributed by atoms with E-state index in [0.717, 1.165) is 58.5 Å². The average molecular weight is 499 g/mol. The molecule has 2 aromatic rings. The lowest BCUT2D eigenvalue weighted by Crippen LogP contribution is -2.39. The van der Waals surface area contributed by atoms with Crippen LogP contribution < -0.4 is 15.0 Å². The number of nitrogens with one attached hydrogen (secondary N) is 1. The molecule has 8 heteroatoms. The van der Waals surface area contributed by atoms with Gasteiger partial charge in [0, 0.05) is 31.1 Å². The number of nitrogens with zero attached hydrogens (tertiary/aromatic N) is 4. The van der Waals surface area contributed by atoms with E-state index >= 15 is 0 Å². The number of alkyl halides is 1. The number of piperidine rings is 1. The first-order valence-electron chi connectivity index (χ1n) is 10.0. The highest BCUT2D eigenvalue weighted by molar-refractivity contribution is 14.1. The first kappa shape index (κ1) is 19.9. The van der Waals surface area contributed by atoms with Crippen LogP contribution in [0.2, 0.25) is 0 Å². The Morgan fingerprint density at radius 3 is 2.64 bits per heavy atom. The summed E-state index contributed by atoms with van der Waals surface area (Å²) in [7, 11) is 1.68. The second kappa shape index (κ2) is 8.52. The van der Waals surface area contributed by atoms with Crippen molar-refractivity contribution in [2.45, 2.75) is 38.4 Å². The molecule has 0 spiro atoms. The predicted molar refractivity (Wildman–Crippen MR) is 119 cm³/mol. The maximum atomic E-state index is 13.7. The molecule has 2 aliphatic heterocycles. The molecule has 0 radical (unpaired) electrons. The minimum Gasteiger partial charge on any atom is -0.496 e. The average Bonchev–Trinajstić information content (AvgIpc) is 3.14. The van der Waals surface area contributed by atoms with Crippen molar-refractivity contribution in [3.05, 3.63) is 15.7 Å². The molecule has 2 fully saturated rings. The van der Waals surface area contributed by atoms with Crippen molar-refractivity contribution in [2.24, 2.45) is 0 Å². The SMILES string of the molecule is CCN1CCC(Nc2nc(N3CCC(F)C3)nc3cc(I)c(OC)cc23)CC1. The van der Waals surface area contributed by atoms with Gasteiger partial charge in [-0.15, -0.1) is 0 Å². The number of likely N-dealkylation sites (tertiary alicyclic amines) is 1. The van der Waals surface area contributed by atoms with E-state index in [9.17, 15) is 4.39 Å². The van der Waals surface area contributed by atoms with Crippen LogP contribution in [0.3, 0.4) is 0 Å². The molecule has 0 bridgehead atoms. The third kappa shape index (κ3) is 4.12. The van der Waals surface area contributed by atoms with Crippen molar-refractivity contribution in [1.82, 2.24) is 14.9 Å². The summed E-state index contributed by atoms with van der Waals surface area (Å²) in [5.74, 6) is 2.26. The van der Waals surface area contributed by atoms with Crippen LogP contribution in [0.15, 0.2) is 12.1 Å². The number of methoxy groups -OCH3 is 1. The minimum absolute atomic E-state index is 0.368. The van der Waals surface area contributed by atoms with E-state index in [1.165, 1.54) is 0 Å². The van der Waals surface area contributed by atoms with Gasteiger partial charge in [-0.2, -0.15) is 4.98 Å². The van der Waals surface area contributed by atoms with Crippen molar-refractivity contribution < 1.29 is 9.13 Å². The number of aromatic nitrogens is 2. The quantitative estimate of drug-likeness (QED) is 0.634. The van der Waals surface area contributed by atoms with E-state index in [-0.39, 0.29) is 0 Å². The van der Waals surface area contributed by atoms with Crippen LogP contribution in [-0.2, 0) is 0 Å². The molecule has 2 aliphatic rings. The first-order valence-corrected chi connectivity index (χ1v) is 11.1. The number of halogens is 2. The number of rotatable bonds is 5. The summed E-state index contributed by atoms with van der Waals surface area (Å²) in [6.45, 7) is 6.53. The molecule has 4 rings (SSSR count). The fourth-order valence-corrected chi connectivity index (χ4v) is 4.68. The number of benzene rings is 1. The van der Waals surface area contributed by atoms with Crippen LogP contribution in [0.5, 0.6) is 5.75 Å². The van der Waals surface area contributed by atoms with Gasteiger partial charge in [-0.3, -0.25) is 0 Å². The predicted octanol–water partition coefficient (Wildman–Crippen LogP) is 3.69. The molecule has 3 heterocycles. The zero-order chi connectivity index (χ0) is 19.7. The molecule has 152 valence electrons. The van der Waals surface area contributed by atoms with Gasteiger partial charge in [0.15, 0.2) is 0 Å². The van der Waals surface area contributed by atoms with Crippen molar-refractivity contribution in [3.8, 4) is 5.75 Å². The van der Waals surface area contributed by atoms with Crippen LogP contribution >= 0.6 is 22.6 Å². The van der Waals surface area contributed by atoms with Crippen LogP contribution in [-0.4, -0.2) is 66.9 Å². The molecular weight excluding hydrogens is 472 g/mol. The lowest BCUT2D eigenvalue weighted by Gasteiger charge is -2.32. The normalized spacial score (nSPS) is 21.4. The van der Waals surface area contributed by atoms with Gasteiger partial charge in [0.25, 0.3) is 0 Å². The van der Waals surface area contributed by atoms with E-state index in [0.29, 0.717) is 31.5 Å². The van der Waals surface area contributed by atoms with Gasteiger partial charge in [0.2, 0.25) is 5.95 Å². The van der Waals surface area contributed by atoms with Crippen LogP contribution in [0.4, 0.5) is 16.2 Å². The molecule has 0 saturated carbocycles. The number of hydrogen-bond acceptors (Lipinski definition) is 6. The second-order valence-electron chi connectivity index (χ2n) is 7.56. The highest BCUT2D eigenvalue weighted by atomic mass is 127. The lowest BCUT2D eigenvalue weighted by molar-refractivity contribution is 0.229. The van der Waals surface area contributed by atoms with Gasteiger partial charge in [0.1, 0.15) is 17.7 Å². The van der Waals surface area contributed by atoms with Gasteiger partial charge in [-0.25, -0.2) is 9.37 Å². The van der Waals surface area contributed by atoms with Crippen LogP contribution in [0, 0.1) is 3.57 Å². The molecular formula is C20H27FIN5O. The zero-order valence-corrected chi connectivity index (χ0v) is 18.6. The van der Waals surface area contributed by atoms with Gasteiger partial charge in [-0.05, 0) is 60.5 Å². The Kier molecular flexibility index (Phi) is 6.05. The molecule has 1 unspecified atom stereocenters. The minimum atomic E-state index is -0.801. The first-order chi connectivity index (χ1) is 13.6. The summed E-state index contributed by atoms with van der Waals surface area (Å²) in [5.41, 5.74) is 0.867. The summed E-state index contributed by atoms with van der Waals surface area (Å²) in [5, 5.41) is 4.61. The molecule has 1 atom stereocenters. The van der Waals surface area contributed by atoms with E-state index in [4.69, 9.17) is 14.7 Å². The standard InChI is InChI=1S/C20H27FIN5O/c1-3-26-7-5-14(6-8-26)23-19-15-10-18(28-2)16(22)11-17(15)24-20(25-19)27-9-4-13(21)12-27/h10-11,13-14H,3-9,12H2,1-2H3,(H,23,24,25). The topological polar surface area (TPSA) is 53.5 Å². The Hall–Kier alpha value is -1.42. The van der Waals surface area contributed by atoms with Crippen molar-refractivity contribution in [3.63, 3.8) is 0 Å². The lowest BCUT2D eigenvalue weighted by atomic mass is 10.0. The Morgan fingerprint density at radius 2 is 2.00 bits per heavy atom. The summed E-state index contributed by atoms with van der Waals surface area (Å²) in [6.07, 6.45) is 1.92. The van der Waals surface area contributed by atoms with E-state index in [1.807, 2.05) is 17.0 Å². The highest BCUT2D eigenvalue weighted by Gasteiger charge is 2.26. The highest BCUT2D eigenvalue weighted by Crippen LogP contribution is 2.33. The maximum Gasteiger partial charge on any atom is 0.227 e.